The zero-order valence-electron chi connectivity index (χ0n) is 10.8. The minimum atomic E-state index is -0.476. The number of carbonyl (C=O) groups is 1. The zero-order valence-corrected chi connectivity index (χ0v) is 10.8. The summed E-state index contributed by atoms with van der Waals surface area (Å²) >= 11 is 0. The molecule has 1 aromatic heterocycles. The lowest BCUT2D eigenvalue weighted by molar-refractivity contribution is -0.114. The first kappa shape index (κ1) is 12.3. The Bertz CT molecular complexity index is 795. The third kappa shape index (κ3) is 2.14. The van der Waals surface area contributed by atoms with E-state index < -0.39 is 5.82 Å². The molecule has 0 bridgehead atoms. The summed E-state index contributed by atoms with van der Waals surface area (Å²) in [5.41, 5.74) is 2.58. The Balaban J connectivity index is 2.07. The third-order valence-corrected chi connectivity index (χ3v) is 3.00. The van der Waals surface area contributed by atoms with Crippen LogP contribution >= 0.6 is 0 Å². The molecule has 3 aromatic rings. The van der Waals surface area contributed by atoms with E-state index in [1.807, 2.05) is 24.3 Å². The number of fused-ring (bicyclic) bond motifs is 1. The van der Waals surface area contributed by atoms with Gasteiger partial charge in [0, 0.05) is 13.0 Å². The Kier molecular flexibility index (Phi) is 2.95. The van der Waals surface area contributed by atoms with Crippen LogP contribution in [0.1, 0.15) is 6.92 Å². The highest BCUT2D eigenvalue weighted by molar-refractivity contribution is 5.89. The van der Waals surface area contributed by atoms with Crippen molar-refractivity contribution in [3.05, 3.63) is 54.6 Å². The first-order valence-electron chi connectivity index (χ1n) is 6.15. The van der Waals surface area contributed by atoms with Crippen molar-refractivity contribution in [2.45, 2.75) is 6.92 Å². The van der Waals surface area contributed by atoms with E-state index in [-0.39, 0.29) is 11.6 Å². The van der Waals surface area contributed by atoms with Crippen LogP contribution < -0.4 is 5.32 Å². The van der Waals surface area contributed by atoms with Crippen LogP contribution in [-0.2, 0) is 4.79 Å². The number of benzene rings is 2. The Labute approximate surface area is 114 Å². The minimum Gasteiger partial charge on any atom is -0.324 e. The number of carbonyl (C=O) groups excluding carboxylic acids is 1. The van der Waals surface area contributed by atoms with Crippen LogP contribution in [-0.4, -0.2) is 15.5 Å². The smallest absolute Gasteiger partial charge is 0.221 e. The summed E-state index contributed by atoms with van der Waals surface area (Å²) in [5.74, 6) is -0.778. The van der Waals surface area contributed by atoms with Gasteiger partial charge in [0.05, 0.1) is 22.4 Å². The molecule has 0 aliphatic heterocycles. The van der Waals surface area contributed by atoms with E-state index >= 15 is 0 Å². The van der Waals surface area contributed by atoms with Crippen molar-refractivity contribution in [3.8, 4) is 5.69 Å². The van der Waals surface area contributed by atoms with Crippen molar-refractivity contribution in [3.63, 3.8) is 0 Å². The Hall–Kier alpha value is -2.69. The lowest BCUT2D eigenvalue weighted by Crippen LogP contribution is -2.07. The van der Waals surface area contributed by atoms with E-state index in [2.05, 4.69) is 10.3 Å². The molecule has 0 unspecified atom stereocenters. The van der Waals surface area contributed by atoms with Crippen molar-refractivity contribution in [2.75, 3.05) is 5.32 Å². The van der Waals surface area contributed by atoms with Gasteiger partial charge in [-0.15, -0.1) is 0 Å². The van der Waals surface area contributed by atoms with Crippen LogP contribution in [0.3, 0.4) is 0 Å². The molecule has 1 amide bonds. The van der Waals surface area contributed by atoms with Gasteiger partial charge in [0.15, 0.2) is 0 Å². The van der Waals surface area contributed by atoms with E-state index in [1.54, 1.807) is 23.0 Å². The number of para-hydroxylation sites is 2. The summed E-state index contributed by atoms with van der Waals surface area (Å²) in [5, 5.41) is 2.44. The predicted molar refractivity (Wildman–Crippen MR) is 75.3 cm³/mol. The number of rotatable bonds is 2. The fourth-order valence-electron chi connectivity index (χ4n) is 2.11. The number of hydrogen-bond donors (Lipinski definition) is 1. The topological polar surface area (TPSA) is 46.9 Å². The molecule has 5 heteroatoms. The maximum atomic E-state index is 14.0. The van der Waals surface area contributed by atoms with Crippen LogP contribution in [0.4, 0.5) is 10.1 Å². The van der Waals surface area contributed by atoms with Crippen LogP contribution in [0.2, 0.25) is 0 Å². The van der Waals surface area contributed by atoms with Gasteiger partial charge >= 0.3 is 0 Å². The minimum absolute atomic E-state index is 0.172. The molecule has 3 rings (SSSR count). The van der Waals surface area contributed by atoms with Crippen molar-refractivity contribution in [1.29, 1.82) is 0 Å². The largest absolute Gasteiger partial charge is 0.324 e. The summed E-state index contributed by atoms with van der Waals surface area (Å²) in [6.45, 7) is 1.34. The average Bonchev–Trinajstić information content (AvgIpc) is 2.84. The van der Waals surface area contributed by atoms with E-state index in [0.717, 1.165) is 11.0 Å². The van der Waals surface area contributed by atoms with E-state index in [0.29, 0.717) is 5.69 Å². The van der Waals surface area contributed by atoms with Gasteiger partial charge in [-0.25, -0.2) is 9.37 Å². The normalized spacial score (nSPS) is 10.7. The number of nitrogens with zero attached hydrogens (tertiary/aromatic N) is 2. The lowest BCUT2D eigenvalue weighted by Gasteiger charge is -2.08. The molecular weight excluding hydrogens is 257 g/mol. The molecule has 2 aromatic carbocycles. The first-order chi connectivity index (χ1) is 9.65. The quantitative estimate of drug-likeness (QED) is 0.777. The van der Waals surface area contributed by atoms with E-state index in [4.69, 9.17) is 0 Å². The molecule has 0 aliphatic carbocycles. The number of halogens is 1. The molecule has 1 N–H and O–H groups in total. The fraction of sp³-hybridized carbons (Fsp3) is 0.0667. The average molecular weight is 269 g/mol. The van der Waals surface area contributed by atoms with Gasteiger partial charge in [0.2, 0.25) is 5.91 Å². The summed E-state index contributed by atoms with van der Waals surface area (Å²) in [6.07, 6.45) is 1.65. The van der Waals surface area contributed by atoms with Gasteiger partial charge in [0.25, 0.3) is 0 Å². The molecule has 20 heavy (non-hydrogen) atoms. The Morgan fingerprint density at radius 3 is 2.80 bits per heavy atom. The first-order valence-corrected chi connectivity index (χ1v) is 6.15. The molecule has 0 spiro atoms. The van der Waals surface area contributed by atoms with Gasteiger partial charge in [-0.3, -0.25) is 9.36 Å². The molecule has 0 atom stereocenters. The fourth-order valence-corrected chi connectivity index (χ4v) is 2.11. The van der Waals surface area contributed by atoms with Crippen LogP contribution in [0.5, 0.6) is 0 Å². The molecule has 0 saturated carbocycles. The van der Waals surface area contributed by atoms with Crippen molar-refractivity contribution in [1.82, 2.24) is 9.55 Å². The number of imidazole rings is 1. The molecule has 0 radical (unpaired) electrons. The SMILES string of the molecule is CC(=O)Nc1ccc(-n2cnc3ccccc32)cc1F. The molecule has 4 nitrogen and oxygen atoms in total. The van der Waals surface area contributed by atoms with Crippen LogP contribution in [0.15, 0.2) is 48.8 Å². The second kappa shape index (κ2) is 4.77. The molecule has 100 valence electrons. The number of anilines is 1. The molecule has 0 aliphatic rings. The maximum absolute atomic E-state index is 14.0. The number of nitrogens with one attached hydrogen (secondary N) is 1. The van der Waals surface area contributed by atoms with E-state index in [1.165, 1.54) is 13.0 Å². The molecule has 0 saturated heterocycles. The van der Waals surface area contributed by atoms with Crippen LogP contribution in [0.25, 0.3) is 16.7 Å². The van der Waals surface area contributed by atoms with Crippen molar-refractivity contribution in [2.24, 2.45) is 0 Å². The maximum Gasteiger partial charge on any atom is 0.221 e. The van der Waals surface area contributed by atoms with Gasteiger partial charge in [0.1, 0.15) is 12.1 Å². The highest BCUT2D eigenvalue weighted by Gasteiger charge is 2.08. The second-order valence-corrected chi connectivity index (χ2v) is 4.45. The summed E-state index contributed by atoms with van der Waals surface area (Å²) in [7, 11) is 0. The standard InChI is InChI=1S/C15H12FN3O/c1-10(20)18-13-7-6-11(8-12(13)16)19-9-17-14-4-2-3-5-15(14)19/h2-9H,1H3,(H,18,20). The number of amides is 1. The zero-order chi connectivity index (χ0) is 14.1. The van der Waals surface area contributed by atoms with Crippen LogP contribution in [0, 0.1) is 5.82 Å². The molecule has 1 heterocycles. The van der Waals surface area contributed by atoms with Crippen molar-refractivity contribution >= 4 is 22.6 Å². The molecular formula is C15H12FN3O. The number of hydrogen-bond acceptors (Lipinski definition) is 2. The highest BCUT2D eigenvalue weighted by atomic mass is 19.1. The molecule has 0 fully saturated rings. The summed E-state index contributed by atoms with van der Waals surface area (Å²) in [6, 6.07) is 12.3. The summed E-state index contributed by atoms with van der Waals surface area (Å²) in [4.78, 5) is 15.2. The predicted octanol–water partition coefficient (Wildman–Crippen LogP) is 3.12. The van der Waals surface area contributed by atoms with Gasteiger partial charge < -0.3 is 5.32 Å². The van der Waals surface area contributed by atoms with E-state index in [9.17, 15) is 9.18 Å². The Morgan fingerprint density at radius 1 is 1.25 bits per heavy atom. The third-order valence-electron chi connectivity index (χ3n) is 3.00. The van der Waals surface area contributed by atoms with Gasteiger partial charge in [-0.05, 0) is 24.3 Å². The Morgan fingerprint density at radius 2 is 2.05 bits per heavy atom. The summed E-state index contributed by atoms with van der Waals surface area (Å²) < 4.78 is 15.8. The monoisotopic (exact) mass is 269 g/mol. The van der Waals surface area contributed by atoms with Crippen molar-refractivity contribution < 1.29 is 9.18 Å². The number of aromatic nitrogens is 2. The van der Waals surface area contributed by atoms with Gasteiger partial charge in [-0.2, -0.15) is 0 Å². The lowest BCUT2D eigenvalue weighted by atomic mass is 10.2. The van der Waals surface area contributed by atoms with Gasteiger partial charge in [-0.1, -0.05) is 12.1 Å². The highest BCUT2D eigenvalue weighted by Crippen LogP contribution is 2.22. The second-order valence-electron chi connectivity index (χ2n) is 4.45.